The van der Waals surface area contributed by atoms with Gasteiger partial charge in [-0.1, -0.05) is 42.0 Å². The van der Waals surface area contributed by atoms with E-state index in [2.05, 4.69) is 9.97 Å². The molecule has 1 aromatic heterocycles. The minimum Gasteiger partial charge on any atom is -0.313 e. The highest BCUT2D eigenvalue weighted by molar-refractivity contribution is 5.92. The van der Waals surface area contributed by atoms with E-state index in [4.69, 9.17) is 0 Å². The molecule has 0 saturated carbocycles. The Balaban J connectivity index is 1.50. The van der Waals surface area contributed by atoms with Gasteiger partial charge >= 0.3 is 0 Å². The summed E-state index contributed by atoms with van der Waals surface area (Å²) in [6.45, 7) is 1.93. The van der Waals surface area contributed by atoms with Crippen molar-refractivity contribution in [3.8, 4) is 11.1 Å². The summed E-state index contributed by atoms with van der Waals surface area (Å²) in [6, 6.07) is 15.1. The van der Waals surface area contributed by atoms with Crippen molar-refractivity contribution in [1.82, 2.24) is 9.97 Å². The van der Waals surface area contributed by atoms with Crippen molar-refractivity contribution >= 4 is 11.4 Å². The van der Waals surface area contributed by atoms with Crippen LogP contribution < -0.4 is 5.56 Å². The monoisotopic (exact) mass is 514 g/mol. The molecule has 4 aromatic rings. The van der Waals surface area contributed by atoms with Crippen molar-refractivity contribution in [1.29, 1.82) is 0 Å². The molecule has 4 nitrogen and oxygen atoms in total. The quantitative estimate of drug-likeness (QED) is 0.293. The summed E-state index contributed by atoms with van der Waals surface area (Å²) in [7, 11) is 0. The van der Waals surface area contributed by atoms with Crippen LogP contribution in [0.3, 0.4) is 0 Å². The number of nitrogens with one attached hydrogen (secondary N) is 1. The number of aryl methyl sites for hydroxylation is 1. The fraction of sp³-hybridized carbons (Fsp3) is 0.194. The molecule has 38 heavy (non-hydrogen) atoms. The third kappa shape index (κ3) is 5.52. The lowest BCUT2D eigenvalue weighted by molar-refractivity contribution is -0.118. The number of hydrogen-bond acceptors (Lipinski definition) is 3. The standard InChI is InChI=1S/C31H25F3N2O2/c1-18-2-4-21(5-3-18)29-30(35-17-36-31(29)38)23(10-19-11-25(33)15-26(34)12-19)14-27(37)13-22-7-6-20-8-9-24(32)16-28(20)22/h2-5,7-9,11-12,15-17,23H,6,10,13-14H2,1H3,(H,35,36,38)/t23-/m1/s1. The Bertz CT molecular complexity index is 1590. The molecule has 1 aliphatic rings. The predicted molar refractivity (Wildman–Crippen MR) is 140 cm³/mol. The average Bonchev–Trinajstić information content (AvgIpc) is 3.25. The van der Waals surface area contributed by atoms with Gasteiger partial charge in [0.15, 0.2) is 0 Å². The molecule has 0 bridgehead atoms. The zero-order valence-electron chi connectivity index (χ0n) is 20.7. The third-order valence-electron chi connectivity index (χ3n) is 6.86. The van der Waals surface area contributed by atoms with Gasteiger partial charge in [0.05, 0.1) is 17.6 Å². The number of fused-ring (bicyclic) bond motifs is 1. The highest BCUT2D eigenvalue weighted by Crippen LogP contribution is 2.34. The molecule has 0 spiro atoms. The Morgan fingerprint density at radius 2 is 1.71 bits per heavy atom. The maximum atomic E-state index is 14.0. The number of halogens is 3. The summed E-state index contributed by atoms with van der Waals surface area (Å²) in [5.41, 5.74) is 4.74. The summed E-state index contributed by atoms with van der Waals surface area (Å²) in [6.07, 6.45) is 3.97. The van der Waals surface area contributed by atoms with Crippen LogP contribution in [0.4, 0.5) is 13.2 Å². The van der Waals surface area contributed by atoms with Crippen molar-refractivity contribution < 1.29 is 18.0 Å². The van der Waals surface area contributed by atoms with Crippen LogP contribution in [0.25, 0.3) is 16.7 Å². The molecule has 1 N–H and O–H groups in total. The summed E-state index contributed by atoms with van der Waals surface area (Å²) < 4.78 is 41.9. The van der Waals surface area contributed by atoms with E-state index >= 15 is 0 Å². The highest BCUT2D eigenvalue weighted by atomic mass is 19.1. The number of H-pyrrole nitrogens is 1. The number of benzene rings is 3. The van der Waals surface area contributed by atoms with Gasteiger partial charge < -0.3 is 4.98 Å². The van der Waals surface area contributed by atoms with Gasteiger partial charge in [0.1, 0.15) is 23.2 Å². The first-order chi connectivity index (χ1) is 18.3. The molecule has 3 aromatic carbocycles. The minimum atomic E-state index is -0.725. The molecule has 5 rings (SSSR count). The highest BCUT2D eigenvalue weighted by Gasteiger charge is 2.26. The second-order valence-electron chi connectivity index (χ2n) is 9.69. The Kier molecular flexibility index (Phi) is 7.09. The van der Waals surface area contributed by atoms with E-state index in [1.165, 1.54) is 30.6 Å². The molecule has 0 radical (unpaired) electrons. The molecular formula is C31H25F3N2O2. The van der Waals surface area contributed by atoms with Gasteiger partial charge in [0.2, 0.25) is 0 Å². The average molecular weight is 515 g/mol. The van der Waals surface area contributed by atoms with E-state index in [9.17, 15) is 22.8 Å². The van der Waals surface area contributed by atoms with Crippen LogP contribution in [-0.2, 0) is 17.6 Å². The van der Waals surface area contributed by atoms with Crippen LogP contribution in [0.1, 0.15) is 46.7 Å². The molecule has 1 heterocycles. The molecule has 0 amide bonds. The smallest absolute Gasteiger partial charge is 0.258 e. The summed E-state index contributed by atoms with van der Waals surface area (Å²) in [4.78, 5) is 33.4. The van der Waals surface area contributed by atoms with E-state index in [1.54, 1.807) is 18.2 Å². The normalized spacial score (nSPS) is 13.2. The fourth-order valence-electron chi connectivity index (χ4n) is 5.10. The molecule has 0 saturated heterocycles. The second kappa shape index (κ2) is 10.6. The second-order valence-corrected chi connectivity index (χ2v) is 9.69. The molecule has 0 unspecified atom stereocenters. The van der Waals surface area contributed by atoms with Gasteiger partial charge in [-0.3, -0.25) is 9.59 Å². The molecule has 0 aliphatic heterocycles. The number of ketones is 1. The lowest BCUT2D eigenvalue weighted by atomic mass is 9.86. The van der Waals surface area contributed by atoms with Crippen LogP contribution in [-0.4, -0.2) is 15.8 Å². The maximum Gasteiger partial charge on any atom is 0.258 e. The number of Topliss-reactive ketones (excluding diaryl/α,β-unsaturated/α-hetero) is 1. The summed E-state index contributed by atoms with van der Waals surface area (Å²) >= 11 is 0. The predicted octanol–water partition coefficient (Wildman–Crippen LogP) is 6.48. The van der Waals surface area contributed by atoms with Gasteiger partial charge in [-0.2, -0.15) is 0 Å². The van der Waals surface area contributed by atoms with Crippen molar-refractivity contribution in [2.24, 2.45) is 0 Å². The van der Waals surface area contributed by atoms with Crippen LogP contribution >= 0.6 is 0 Å². The van der Waals surface area contributed by atoms with Crippen molar-refractivity contribution in [3.05, 3.63) is 129 Å². The van der Waals surface area contributed by atoms with E-state index in [-0.39, 0.29) is 36.4 Å². The van der Waals surface area contributed by atoms with E-state index in [1.807, 2.05) is 25.1 Å². The van der Waals surface area contributed by atoms with Gasteiger partial charge in [-0.15, -0.1) is 0 Å². The first kappa shape index (κ1) is 25.4. The molecule has 1 atom stereocenters. The number of nitrogens with zero attached hydrogens (tertiary/aromatic N) is 1. The van der Waals surface area contributed by atoms with E-state index in [0.29, 0.717) is 28.8 Å². The number of aromatic nitrogens is 2. The Morgan fingerprint density at radius 1 is 0.974 bits per heavy atom. The van der Waals surface area contributed by atoms with Crippen molar-refractivity contribution in [2.75, 3.05) is 0 Å². The Hall–Kier alpha value is -4.26. The van der Waals surface area contributed by atoms with Gasteiger partial charge in [-0.25, -0.2) is 18.2 Å². The third-order valence-corrected chi connectivity index (χ3v) is 6.86. The molecular weight excluding hydrogens is 489 g/mol. The lowest BCUT2D eigenvalue weighted by Crippen LogP contribution is -2.19. The maximum absolute atomic E-state index is 14.0. The van der Waals surface area contributed by atoms with E-state index in [0.717, 1.165) is 28.3 Å². The number of allylic oxidation sites excluding steroid dienone is 2. The molecule has 192 valence electrons. The number of carbonyl (C=O) groups excluding carboxylic acids is 1. The zero-order valence-corrected chi connectivity index (χ0v) is 20.7. The fourth-order valence-corrected chi connectivity index (χ4v) is 5.10. The Morgan fingerprint density at radius 3 is 2.45 bits per heavy atom. The van der Waals surface area contributed by atoms with Crippen LogP contribution in [0.5, 0.6) is 0 Å². The van der Waals surface area contributed by atoms with E-state index < -0.39 is 17.6 Å². The molecule has 7 heteroatoms. The van der Waals surface area contributed by atoms with Gasteiger partial charge in [0, 0.05) is 24.8 Å². The number of hydrogen-bond donors (Lipinski definition) is 1. The van der Waals surface area contributed by atoms with Gasteiger partial charge in [0.25, 0.3) is 5.56 Å². The number of aromatic amines is 1. The van der Waals surface area contributed by atoms with Gasteiger partial charge in [-0.05, 0) is 71.9 Å². The molecule has 0 fully saturated rings. The largest absolute Gasteiger partial charge is 0.313 e. The first-order valence-corrected chi connectivity index (χ1v) is 12.4. The van der Waals surface area contributed by atoms with Crippen LogP contribution in [0.15, 0.2) is 77.9 Å². The molecule has 1 aliphatic carbocycles. The van der Waals surface area contributed by atoms with Crippen LogP contribution in [0, 0.1) is 24.4 Å². The van der Waals surface area contributed by atoms with Crippen molar-refractivity contribution in [2.45, 2.75) is 38.5 Å². The topological polar surface area (TPSA) is 62.8 Å². The number of rotatable bonds is 8. The first-order valence-electron chi connectivity index (χ1n) is 12.4. The van der Waals surface area contributed by atoms with Crippen molar-refractivity contribution in [3.63, 3.8) is 0 Å². The Labute approximate surface area is 217 Å². The lowest BCUT2D eigenvalue weighted by Gasteiger charge is -2.19. The minimum absolute atomic E-state index is 0.0184. The SMILES string of the molecule is Cc1ccc(-c2c([C@@H](CC(=O)CC3=CCc4ccc(F)cc43)Cc3cc(F)cc(F)c3)nc[nH]c2=O)cc1. The summed E-state index contributed by atoms with van der Waals surface area (Å²) in [5, 5.41) is 0. The van der Waals surface area contributed by atoms with Crippen LogP contribution in [0.2, 0.25) is 0 Å². The zero-order chi connectivity index (χ0) is 26.8. The summed E-state index contributed by atoms with van der Waals surface area (Å²) in [5.74, 6) is -2.59. The number of carbonyl (C=O) groups is 1.